The molecule has 0 aliphatic heterocycles. The monoisotopic (exact) mass is 311 g/mol. The van der Waals surface area contributed by atoms with Gasteiger partial charge in [0.15, 0.2) is 0 Å². The normalized spacial score (nSPS) is 14.7. The topological polar surface area (TPSA) is 46.2 Å². The van der Waals surface area contributed by atoms with Crippen molar-refractivity contribution in [3.05, 3.63) is 35.1 Å². The average Bonchev–Trinajstić information content (AvgIpc) is 2.25. The molecule has 0 aliphatic rings. The third-order valence-electron chi connectivity index (χ3n) is 2.41. The van der Waals surface area contributed by atoms with Crippen LogP contribution in [0.15, 0.2) is 18.2 Å². The zero-order chi connectivity index (χ0) is 15.5. The number of nitrogens with one attached hydrogen (secondary N) is 1. The Morgan fingerprint density at radius 1 is 1.40 bits per heavy atom. The summed E-state index contributed by atoms with van der Waals surface area (Å²) >= 11 is 0. The van der Waals surface area contributed by atoms with Crippen LogP contribution in [0.4, 0.5) is 17.6 Å². The van der Waals surface area contributed by atoms with Crippen molar-refractivity contribution >= 4 is 16.7 Å². The zero-order valence-electron chi connectivity index (χ0n) is 10.8. The minimum Gasteiger partial charge on any atom is -0.349 e. The molecule has 0 heterocycles. The highest BCUT2D eigenvalue weighted by atomic mass is 32.2. The quantitative estimate of drug-likeness (QED) is 0.868. The van der Waals surface area contributed by atoms with E-state index in [4.69, 9.17) is 0 Å². The lowest BCUT2D eigenvalue weighted by atomic mass is 10.1. The van der Waals surface area contributed by atoms with Crippen LogP contribution in [0.1, 0.15) is 22.8 Å². The van der Waals surface area contributed by atoms with Crippen molar-refractivity contribution in [2.75, 3.05) is 12.0 Å². The van der Waals surface area contributed by atoms with Gasteiger partial charge >= 0.3 is 6.18 Å². The van der Waals surface area contributed by atoms with E-state index in [9.17, 15) is 26.6 Å². The number of rotatable bonds is 4. The first kappa shape index (κ1) is 16.6. The standard InChI is InChI=1S/C12H13F4NO2S/c1-7(6-20(2)19)17-11(18)8-4-3-5-9(10(8)13)12(14,15)16/h3-5,7H,6H2,1-2H3,(H,17,18). The van der Waals surface area contributed by atoms with Crippen LogP contribution in [0.5, 0.6) is 0 Å². The highest BCUT2D eigenvalue weighted by Crippen LogP contribution is 2.32. The van der Waals surface area contributed by atoms with Crippen LogP contribution in [0, 0.1) is 5.82 Å². The second-order valence-electron chi connectivity index (χ2n) is 4.28. The summed E-state index contributed by atoms with van der Waals surface area (Å²) < 4.78 is 62.2. The van der Waals surface area contributed by atoms with E-state index in [2.05, 4.69) is 5.32 Å². The van der Waals surface area contributed by atoms with Crippen molar-refractivity contribution in [3.8, 4) is 0 Å². The van der Waals surface area contributed by atoms with E-state index < -0.39 is 45.9 Å². The Kier molecular flexibility index (Phi) is 5.27. The highest BCUT2D eigenvalue weighted by molar-refractivity contribution is 7.84. The fourth-order valence-corrected chi connectivity index (χ4v) is 2.41. The van der Waals surface area contributed by atoms with Gasteiger partial charge in [-0.05, 0) is 19.1 Å². The predicted molar refractivity (Wildman–Crippen MR) is 67.3 cm³/mol. The van der Waals surface area contributed by atoms with E-state index in [1.807, 2.05) is 0 Å². The summed E-state index contributed by atoms with van der Waals surface area (Å²) in [4.78, 5) is 11.7. The Morgan fingerprint density at radius 3 is 2.50 bits per heavy atom. The molecule has 8 heteroatoms. The van der Waals surface area contributed by atoms with Gasteiger partial charge in [0.25, 0.3) is 5.91 Å². The summed E-state index contributed by atoms with van der Waals surface area (Å²) in [6.45, 7) is 1.53. The summed E-state index contributed by atoms with van der Waals surface area (Å²) in [5, 5.41) is 2.31. The molecule has 0 fully saturated rings. The molecular weight excluding hydrogens is 298 g/mol. The number of carbonyl (C=O) groups is 1. The van der Waals surface area contributed by atoms with Crippen LogP contribution < -0.4 is 5.32 Å². The molecule has 1 aromatic rings. The van der Waals surface area contributed by atoms with Gasteiger partial charge in [-0.1, -0.05) is 6.07 Å². The lowest BCUT2D eigenvalue weighted by Gasteiger charge is -2.14. The maximum Gasteiger partial charge on any atom is 0.419 e. The van der Waals surface area contributed by atoms with E-state index in [0.29, 0.717) is 6.07 Å². The van der Waals surface area contributed by atoms with Crippen molar-refractivity contribution in [3.63, 3.8) is 0 Å². The zero-order valence-corrected chi connectivity index (χ0v) is 11.6. The summed E-state index contributed by atoms with van der Waals surface area (Å²) in [7, 11) is -1.18. The van der Waals surface area contributed by atoms with Gasteiger partial charge in [-0.25, -0.2) is 4.39 Å². The summed E-state index contributed by atoms with van der Waals surface area (Å²) in [5.41, 5.74) is -2.18. The number of halogens is 4. The van der Waals surface area contributed by atoms with Gasteiger partial charge in [0.2, 0.25) is 0 Å². The van der Waals surface area contributed by atoms with Crippen LogP contribution in [-0.2, 0) is 17.0 Å². The van der Waals surface area contributed by atoms with Gasteiger partial charge in [0.1, 0.15) is 5.82 Å². The number of alkyl halides is 3. The van der Waals surface area contributed by atoms with Crippen LogP contribution in [-0.4, -0.2) is 28.2 Å². The summed E-state index contributed by atoms with van der Waals surface area (Å²) in [6.07, 6.45) is -3.44. The predicted octanol–water partition coefficient (Wildman–Crippen LogP) is 2.34. The lowest BCUT2D eigenvalue weighted by Crippen LogP contribution is -2.36. The van der Waals surface area contributed by atoms with Crippen molar-refractivity contribution in [1.82, 2.24) is 5.32 Å². The molecule has 0 radical (unpaired) electrons. The van der Waals surface area contributed by atoms with Gasteiger partial charge in [0.05, 0.1) is 11.1 Å². The Labute approximate surface area is 115 Å². The van der Waals surface area contributed by atoms with Gasteiger partial charge in [-0.15, -0.1) is 0 Å². The van der Waals surface area contributed by atoms with Gasteiger partial charge in [0, 0.05) is 28.9 Å². The Morgan fingerprint density at radius 2 is 2.00 bits per heavy atom. The third-order valence-corrected chi connectivity index (χ3v) is 3.38. The molecule has 2 atom stereocenters. The van der Waals surface area contributed by atoms with Crippen LogP contribution >= 0.6 is 0 Å². The van der Waals surface area contributed by atoms with Crippen molar-refractivity contribution in [2.24, 2.45) is 0 Å². The van der Waals surface area contributed by atoms with E-state index in [-0.39, 0.29) is 5.75 Å². The molecule has 3 nitrogen and oxygen atoms in total. The molecule has 1 rings (SSSR count). The Hall–Kier alpha value is -1.44. The molecule has 112 valence electrons. The van der Waals surface area contributed by atoms with E-state index >= 15 is 0 Å². The second-order valence-corrected chi connectivity index (χ2v) is 5.76. The van der Waals surface area contributed by atoms with Crippen LogP contribution in [0.25, 0.3) is 0 Å². The molecule has 1 N–H and O–H groups in total. The van der Waals surface area contributed by atoms with Crippen molar-refractivity contribution in [1.29, 1.82) is 0 Å². The van der Waals surface area contributed by atoms with Gasteiger partial charge in [-0.3, -0.25) is 9.00 Å². The summed E-state index contributed by atoms with van der Waals surface area (Å²) in [6, 6.07) is 1.96. The first-order valence-electron chi connectivity index (χ1n) is 5.59. The second kappa shape index (κ2) is 6.34. The molecular formula is C12H13F4NO2S. The van der Waals surface area contributed by atoms with Gasteiger partial charge < -0.3 is 5.32 Å². The maximum absolute atomic E-state index is 13.7. The molecule has 0 spiro atoms. The third kappa shape index (κ3) is 4.29. The largest absolute Gasteiger partial charge is 0.419 e. The smallest absolute Gasteiger partial charge is 0.349 e. The number of amides is 1. The number of carbonyl (C=O) groups excluding carboxylic acids is 1. The Bertz CT molecular complexity index is 531. The molecule has 2 unspecified atom stereocenters. The minimum atomic E-state index is -4.86. The molecule has 1 amide bonds. The van der Waals surface area contributed by atoms with E-state index in [1.54, 1.807) is 0 Å². The SMILES string of the molecule is CC(CS(C)=O)NC(=O)c1cccc(C(F)(F)F)c1F. The molecule has 0 bridgehead atoms. The average molecular weight is 311 g/mol. The van der Waals surface area contributed by atoms with E-state index in [0.717, 1.165) is 12.1 Å². The molecule has 0 aliphatic carbocycles. The number of hydrogen-bond donors (Lipinski definition) is 1. The van der Waals surface area contributed by atoms with E-state index in [1.165, 1.54) is 13.2 Å². The van der Waals surface area contributed by atoms with Gasteiger partial charge in [-0.2, -0.15) is 13.2 Å². The Balaban J connectivity index is 2.97. The summed E-state index contributed by atoms with van der Waals surface area (Å²) in [5.74, 6) is -2.44. The molecule has 1 aromatic carbocycles. The first-order chi connectivity index (χ1) is 9.12. The maximum atomic E-state index is 13.7. The fourth-order valence-electron chi connectivity index (χ4n) is 1.62. The molecule has 0 saturated carbocycles. The molecule has 0 saturated heterocycles. The number of benzene rings is 1. The molecule has 20 heavy (non-hydrogen) atoms. The lowest BCUT2D eigenvalue weighted by molar-refractivity contribution is -0.140. The fraction of sp³-hybridized carbons (Fsp3) is 0.417. The van der Waals surface area contributed by atoms with Crippen LogP contribution in [0.2, 0.25) is 0 Å². The van der Waals surface area contributed by atoms with Crippen molar-refractivity contribution in [2.45, 2.75) is 19.1 Å². The first-order valence-corrected chi connectivity index (χ1v) is 7.32. The minimum absolute atomic E-state index is 0.131. The molecule has 0 aromatic heterocycles. The van der Waals surface area contributed by atoms with Crippen molar-refractivity contribution < 1.29 is 26.6 Å². The highest BCUT2D eigenvalue weighted by Gasteiger charge is 2.35. The van der Waals surface area contributed by atoms with Crippen LogP contribution in [0.3, 0.4) is 0 Å². The number of hydrogen-bond acceptors (Lipinski definition) is 2.